The predicted molar refractivity (Wildman–Crippen MR) is 104 cm³/mol. The Morgan fingerprint density at radius 3 is 2.33 bits per heavy atom. The average Bonchev–Trinajstić information content (AvgIpc) is 2.97. The molecule has 1 aromatic carbocycles. The first-order valence-corrected chi connectivity index (χ1v) is 10.2. The molecule has 0 saturated carbocycles. The first-order chi connectivity index (χ1) is 12.9. The second kappa shape index (κ2) is 7.58. The molecule has 0 spiro atoms. The van der Waals surface area contributed by atoms with E-state index < -0.39 is 10.0 Å². The van der Waals surface area contributed by atoms with Gasteiger partial charge < -0.3 is 0 Å². The van der Waals surface area contributed by atoms with E-state index in [9.17, 15) is 8.42 Å². The van der Waals surface area contributed by atoms with Crippen LogP contribution in [0.15, 0.2) is 47.4 Å². The average molecular weight is 385 g/mol. The van der Waals surface area contributed by atoms with E-state index in [-0.39, 0.29) is 4.90 Å². The highest BCUT2D eigenvalue weighted by atomic mass is 32.2. The van der Waals surface area contributed by atoms with E-state index >= 15 is 0 Å². The number of aryl methyl sites for hydroxylation is 1. The van der Waals surface area contributed by atoms with Crippen LogP contribution in [0.3, 0.4) is 0 Å². The summed E-state index contributed by atoms with van der Waals surface area (Å²) in [4.78, 5) is 0.229. The Labute approximate surface area is 159 Å². The maximum absolute atomic E-state index is 12.9. The molecule has 7 nitrogen and oxygen atoms in total. The fraction of sp³-hybridized carbons (Fsp3) is 0.316. The number of hydrogen-bond donors (Lipinski definition) is 0. The Morgan fingerprint density at radius 2 is 1.74 bits per heavy atom. The fourth-order valence-electron chi connectivity index (χ4n) is 3.02. The monoisotopic (exact) mass is 385 g/mol. The maximum Gasteiger partial charge on any atom is 0.246 e. The Morgan fingerprint density at radius 1 is 1.04 bits per heavy atom. The van der Waals surface area contributed by atoms with Gasteiger partial charge in [-0.05, 0) is 32.4 Å². The summed E-state index contributed by atoms with van der Waals surface area (Å²) in [7, 11) is -2.01. The molecule has 142 valence electrons. The second-order valence-electron chi connectivity index (χ2n) is 6.38. The van der Waals surface area contributed by atoms with E-state index in [0.717, 1.165) is 17.7 Å². The van der Waals surface area contributed by atoms with Gasteiger partial charge in [0, 0.05) is 19.2 Å². The second-order valence-corrected chi connectivity index (χ2v) is 8.36. The Kier molecular flexibility index (Phi) is 5.38. The molecule has 27 heavy (non-hydrogen) atoms. The van der Waals surface area contributed by atoms with Crippen LogP contribution in [0.25, 0.3) is 17.1 Å². The number of benzene rings is 1. The minimum Gasteiger partial charge on any atom is -0.216 e. The van der Waals surface area contributed by atoms with Crippen molar-refractivity contribution in [1.29, 1.82) is 0 Å². The molecule has 8 heteroatoms. The van der Waals surface area contributed by atoms with Crippen LogP contribution in [-0.2, 0) is 10.0 Å². The van der Waals surface area contributed by atoms with Crippen LogP contribution in [-0.4, -0.2) is 46.3 Å². The predicted octanol–water partition coefficient (Wildman–Crippen LogP) is 2.98. The standard InChI is InChI=1S/C19H23N5O2S/c1-5-13-23(4)27(25,26)19-14(2)22-24(15(19)3)18-12-11-17(20-21-18)16-9-7-6-8-10-16/h6-12H,5,13H2,1-4H3. The lowest BCUT2D eigenvalue weighted by Crippen LogP contribution is -2.28. The van der Waals surface area contributed by atoms with Crippen molar-refractivity contribution in [2.45, 2.75) is 32.1 Å². The SMILES string of the molecule is CCCN(C)S(=O)(=O)c1c(C)nn(-c2ccc(-c3ccccc3)nn2)c1C. The zero-order chi connectivity index (χ0) is 19.6. The molecule has 0 amide bonds. The number of aromatic nitrogens is 4. The van der Waals surface area contributed by atoms with Gasteiger partial charge in [0.1, 0.15) is 4.90 Å². The molecule has 3 aromatic rings. The van der Waals surface area contributed by atoms with Gasteiger partial charge in [-0.2, -0.15) is 5.10 Å². The molecule has 0 radical (unpaired) electrons. The van der Waals surface area contributed by atoms with Gasteiger partial charge >= 0.3 is 0 Å². The molecule has 0 aliphatic heterocycles. The molecule has 0 fully saturated rings. The highest BCUT2D eigenvalue weighted by Crippen LogP contribution is 2.25. The normalized spacial score (nSPS) is 11.9. The number of rotatable bonds is 6. The molecule has 2 heterocycles. The number of hydrogen-bond acceptors (Lipinski definition) is 5. The minimum absolute atomic E-state index is 0.229. The lowest BCUT2D eigenvalue weighted by molar-refractivity contribution is 0.467. The lowest BCUT2D eigenvalue weighted by atomic mass is 10.1. The summed E-state index contributed by atoms with van der Waals surface area (Å²) >= 11 is 0. The number of sulfonamides is 1. The van der Waals surface area contributed by atoms with Gasteiger partial charge in [0.25, 0.3) is 0 Å². The lowest BCUT2D eigenvalue weighted by Gasteiger charge is -2.16. The molecule has 0 unspecified atom stereocenters. The zero-order valence-electron chi connectivity index (χ0n) is 15.9. The van der Waals surface area contributed by atoms with Crippen LogP contribution in [0.1, 0.15) is 24.7 Å². The molecule has 0 aliphatic carbocycles. The number of nitrogens with zero attached hydrogens (tertiary/aromatic N) is 5. The molecule has 0 atom stereocenters. The molecule has 0 bridgehead atoms. The quantitative estimate of drug-likeness (QED) is 0.652. The first kappa shape index (κ1) is 19.2. The Hall–Kier alpha value is -2.58. The van der Waals surface area contributed by atoms with Crippen LogP contribution >= 0.6 is 0 Å². The van der Waals surface area contributed by atoms with E-state index in [1.54, 1.807) is 27.0 Å². The van der Waals surface area contributed by atoms with Gasteiger partial charge in [0.15, 0.2) is 5.82 Å². The molecular weight excluding hydrogens is 362 g/mol. The van der Waals surface area contributed by atoms with E-state index in [0.29, 0.717) is 23.8 Å². The summed E-state index contributed by atoms with van der Waals surface area (Å²) in [5.74, 6) is 0.481. The van der Waals surface area contributed by atoms with E-state index in [4.69, 9.17) is 0 Å². The molecular formula is C19H23N5O2S. The van der Waals surface area contributed by atoms with Crippen molar-refractivity contribution >= 4 is 10.0 Å². The first-order valence-electron chi connectivity index (χ1n) is 8.78. The van der Waals surface area contributed by atoms with Crippen LogP contribution in [0.4, 0.5) is 0 Å². The third-order valence-corrected chi connectivity index (χ3v) is 6.48. The topological polar surface area (TPSA) is 81.0 Å². The van der Waals surface area contributed by atoms with Crippen molar-refractivity contribution in [2.24, 2.45) is 0 Å². The zero-order valence-corrected chi connectivity index (χ0v) is 16.7. The molecule has 3 rings (SSSR count). The van der Waals surface area contributed by atoms with Gasteiger partial charge in [-0.3, -0.25) is 0 Å². The van der Waals surface area contributed by atoms with Gasteiger partial charge in [-0.15, -0.1) is 10.2 Å². The van der Waals surface area contributed by atoms with Crippen molar-refractivity contribution in [3.05, 3.63) is 53.9 Å². The van der Waals surface area contributed by atoms with Gasteiger partial charge in [-0.1, -0.05) is 37.3 Å². The van der Waals surface area contributed by atoms with Crippen LogP contribution in [0, 0.1) is 13.8 Å². The molecule has 0 aliphatic rings. The maximum atomic E-state index is 12.9. The van der Waals surface area contributed by atoms with E-state index in [1.807, 2.05) is 43.3 Å². The highest BCUT2D eigenvalue weighted by Gasteiger charge is 2.28. The molecule has 0 N–H and O–H groups in total. The third-order valence-electron chi connectivity index (χ3n) is 4.37. The van der Waals surface area contributed by atoms with Gasteiger partial charge in [-0.25, -0.2) is 17.4 Å². The molecule has 0 saturated heterocycles. The van der Waals surface area contributed by atoms with Crippen LogP contribution < -0.4 is 0 Å². The largest absolute Gasteiger partial charge is 0.246 e. The van der Waals surface area contributed by atoms with Crippen molar-refractivity contribution in [1.82, 2.24) is 24.3 Å². The summed E-state index contributed by atoms with van der Waals surface area (Å²) in [6.07, 6.45) is 0.744. The summed E-state index contributed by atoms with van der Waals surface area (Å²) in [5, 5.41) is 12.9. The summed E-state index contributed by atoms with van der Waals surface area (Å²) in [5.41, 5.74) is 2.69. The van der Waals surface area contributed by atoms with Crippen molar-refractivity contribution in [3.8, 4) is 17.1 Å². The molecule has 2 aromatic heterocycles. The van der Waals surface area contributed by atoms with E-state index in [2.05, 4.69) is 15.3 Å². The van der Waals surface area contributed by atoms with Crippen molar-refractivity contribution < 1.29 is 8.42 Å². The smallest absolute Gasteiger partial charge is 0.216 e. The van der Waals surface area contributed by atoms with E-state index in [1.165, 1.54) is 8.99 Å². The fourth-order valence-corrected chi connectivity index (χ4v) is 4.63. The summed E-state index contributed by atoms with van der Waals surface area (Å²) in [6.45, 7) is 5.83. The highest BCUT2D eigenvalue weighted by molar-refractivity contribution is 7.89. The van der Waals surface area contributed by atoms with Crippen LogP contribution in [0.2, 0.25) is 0 Å². The Bertz CT molecular complexity index is 1030. The van der Waals surface area contributed by atoms with Crippen LogP contribution in [0.5, 0.6) is 0 Å². The Balaban J connectivity index is 2.00. The summed E-state index contributed by atoms with van der Waals surface area (Å²) in [6, 6.07) is 13.4. The van der Waals surface area contributed by atoms with Crippen molar-refractivity contribution in [2.75, 3.05) is 13.6 Å². The minimum atomic E-state index is -3.60. The van der Waals surface area contributed by atoms with Gasteiger partial charge in [0.2, 0.25) is 10.0 Å². The third kappa shape index (κ3) is 3.63. The summed E-state index contributed by atoms with van der Waals surface area (Å²) < 4.78 is 28.7. The van der Waals surface area contributed by atoms with Crippen molar-refractivity contribution in [3.63, 3.8) is 0 Å². The van der Waals surface area contributed by atoms with Gasteiger partial charge in [0.05, 0.1) is 17.1 Å².